The Balaban J connectivity index is 1.88. The molecule has 15 heavy (non-hydrogen) atoms. The molecule has 0 amide bonds. The number of aliphatic hydroxyl groups is 1. The number of aromatic nitrogens is 3. The monoisotopic (exact) mass is 208 g/mol. The highest BCUT2D eigenvalue weighted by Gasteiger charge is 2.38. The standard InChI is InChI=1S/C10H16N4O/c15-6-10-12-11-7-14(10)9-3-5-13-4-1-2-8(9)13/h7-9,15H,1-6H2. The Bertz CT molecular complexity index is 351. The van der Waals surface area contributed by atoms with E-state index >= 15 is 0 Å². The zero-order valence-corrected chi connectivity index (χ0v) is 8.71. The van der Waals surface area contributed by atoms with Gasteiger partial charge in [0.2, 0.25) is 0 Å². The van der Waals surface area contributed by atoms with Crippen molar-refractivity contribution in [2.75, 3.05) is 13.1 Å². The van der Waals surface area contributed by atoms with E-state index in [9.17, 15) is 5.11 Å². The van der Waals surface area contributed by atoms with Crippen molar-refractivity contribution in [1.82, 2.24) is 19.7 Å². The van der Waals surface area contributed by atoms with Crippen LogP contribution in [0.15, 0.2) is 6.33 Å². The SMILES string of the molecule is OCc1nncn1C1CCN2CCCC12. The molecule has 2 unspecified atom stereocenters. The fourth-order valence-electron chi connectivity index (χ4n) is 3.04. The summed E-state index contributed by atoms with van der Waals surface area (Å²) in [5, 5.41) is 17.0. The molecule has 1 N–H and O–H groups in total. The summed E-state index contributed by atoms with van der Waals surface area (Å²) in [5.74, 6) is 0.703. The second-order valence-corrected chi connectivity index (χ2v) is 4.41. The maximum atomic E-state index is 9.17. The minimum Gasteiger partial charge on any atom is -0.388 e. The van der Waals surface area contributed by atoms with Crippen molar-refractivity contribution in [2.45, 2.75) is 38.0 Å². The van der Waals surface area contributed by atoms with Crippen LogP contribution in [0.2, 0.25) is 0 Å². The van der Waals surface area contributed by atoms with Crippen LogP contribution in [-0.4, -0.2) is 43.9 Å². The molecule has 1 aromatic heterocycles. The molecule has 82 valence electrons. The smallest absolute Gasteiger partial charge is 0.158 e. The van der Waals surface area contributed by atoms with Crippen LogP contribution in [0.4, 0.5) is 0 Å². The molecule has 0 aliphatic carbocycles. The molecule has 3 heterocycles. The van der Waals surface area contributed by atoms with E-state index in [-0.39, 0.29) is 6.61 Å². The van der Waals surface area contributed by atoms with Crippen LogP contribution in [0.25, 0.3) is 0 Å². The van der Waals surface area contributed by atoms with Gasteiger partial charge in [0.1, 0.15) is 12.9 Å². The van der Waals surface area contributed by atoms with E-state index in [2.05, 4.69) is 19.7 Å². The van der Waals surface area contributed by atoms with E-state index in [1.54, 1.807) is 6.33 Å². The van der Waals surface area contributed by atoms with Crippen molar-refractivity contribution in [1.29, 1.82) is 0 Å². The highest BCUT2D eigenvalue weighted by atomic mass is 16.3. The van der Waals surface area contributed by atoms with Crippen LogP contribution in [0.5, 0.6) is 0 Å². The molecule has 0 spiro atoms. The molecule has 5 heteroatoms. The second-order valence-electron chi connectivity index (χ2n) is 4.41. The minimum atomic E-state index is -0.0107. The molecule has 0 radical (unpaired) electrons. The van der Waals surface area contributed by atoms with Crippen LogP contribution in [-0.2, 0) is 6.61 Å². The van der Waals surface area contributed by atoms with Gasteiger partial charge in [-0.1, -0.05) is 0 Å². The summed E-state index contributed by atoms with van der Waals surface area (Å²) in [6, 6.07) is 1.12. The third kappa shape index (κ3) is 1.38. The molecular formula is C10H16N4O. The molecule has 1 aromatic rings. The van der Waals surface area contributed by atoms with E-state index in [0.29, 0.717) is 17.9 Å². The average molecular weight is 208 g/mol. The first kappa shape index (κ1) is 9.30. The normalized spacial score (nSPS) is 31.0. The van der Waals surface area contributed by atoms with Gasteiger partial charge in [0.25, 0.3) is 0 Å². The van der Waals surface area contributed by atoms with Gasteiger partial charge in [0, 0.05) is 12.6 Å². The van der Waals surface area contributed by atoms with Crippen LogP contribution in [0.1, 0.15) is 31.1 Å². The van der Waals surface area contributed by atoms with Gasteiger partial charge < -0.3 is 9.67 Å². The van der Waals surface area contributed by atoms with Crippen LogP contribution in [0.3, 0.4) is 0 Å². The number of nitrogens with zero attached hydrogens (tertiary/aromatic N) is 4. The van der Waals surface area contributed by atoms with Gasteiger partial charge in [0.05, 0.1) is 6.04 Å². The molecule has 2 atom stereocenters. The van der Waals surface area contributed by atoms with E-state index < -0.39 is 0 Å². The summed E-state index contributed by atoms with van der Waals surface area (Å²) in [6.45, 7) is 2.40. The highest BCUT2D eigenvalue weighted by Crippen LogP contribution is 2.36. The van der Waals surface area contributed by atoms with E-state index in [1.165, 1.54) is 25.9 Å². The average Bonchev–Trinajstić information content (AvgIpc) is 2.92. The second kappa shape index (κ2) is 3.57. The first-order valence-electron chi connectivity index (χ1n) is 5.63. The lowest BCUT2D eigenvalue weighted by molar-refractivity contribution is 0.247. The van der Waals surface area contributed by atoms with E-state index in [1.807, 2.05) is 0 Å². The summed E-state index contributed by atoms with van der Waals surface area (Å²) >= 11 is 0. The number of hydrogen-bond donors (Lipinski definition) is 1. The fraction of sp³-hybridized carbons (Fsp3) is 0.800. The first-order valence-corrected chi connectivity index (χ1v) is 5.63. The van der Waals surface area contributed by atoms with Gasteiger partial charge in [-0.05, 0) is 25.8 Å². The largest absolute Gasteiger partial charge is 0.388 e. The molecule has 2 fully saturated rings. The van der Waals surface area contributed by atoms with Crippen LogP contribution >= 0.6 is 0 Å². The molecule has 5 nitrogen and oxygen atoms in total. The molecule has 2 aliphatic rings. The van der Waals surface area contributed by atoms with E-state index in [0.717, 1.165) is 6.42 Å². The molecule has 0 saturated carbocycles. The van der Waals surface area contributed by atoms with Gasteiger partial charge in [0.15, 0.2) is 5.82 Å². The van der Waals surface area contributed by atoms with Gasteiger partial charge >= 0.3 is 0 Å². The van der Waals surface area contributed by atoms with Crippen LogP contribution in [0, 0.1) is 0 Å². The Morgan fingerprint density at radius 1 is 1.33 bits per heavy atom. The lowest BCUT2D eigenvalue weighted by Crippen LogP contribution is -2.28. The maximum absolute atomic E-state index is 9.17. The maximum Gasteiger partial charge on any atom is 0.158 e. The summed E-state index contributed by atoms with van der Waals surface area (Å²) in [6.07, 6.45) is 5.50. The van der Waals surface area contributed by atoms with Crippen molar-refractivity contribution in [3.63, 3.8) is 0 Å². The van der Waals surface area contributed by atoms with Crippen molar-refractivity contribution < 1.29 is 5.11 Å². The quantitative estimate of drug-likeness (QED) is 0.753. The van der Waals surface area contributed by atoms with E-state index in [4.69, 9.17) is 0 Å². The number of rotatable bonds is 2. The third-order valence-corrected chi connectivity index (χ3v) is 3.72. The summed E-state index contributed by atoms with van der Waals surface area (Å²) in [7, 11) is 0. The zero-order chi connectivity index (χ0) is 10.3. The molecule has 2 aliphatic heterocycles. The number of aliphatic hydroxyl groups excluding tert-OH is 1. The molecular weight excluding hydrogens is 192 g/mol. The van der Waals surface area contributed by atoms with Crippen molar-refractivity contribution in [3.8, 4) is 0 Å². The molecule has 0 bridgehead atoms. The fourth-order valence-corrected chi connectivity index (χ4v) is 3.04. The van der Waals surface area contributed by atoms with Crippen molar-refractivity contribution >= 4 is 0 Å². The highest BCUT2D eigenvalue weighted by molar-refractivity contribution is 4.99. The lowest BCUT2D eigenvalue weighted by Gasteiger charge is -2.21. The van der Waals surface area contributed by atoms with Crippen LogP contribution < -0.4 is 0 Å². The third-order valence-electron chi connectivity index (χ3n) is 3.72. The minimum absolute atomic E-state index is 0.0107. The Morgan fingerprint density at radius 3 is 3.13 bits per heavy atom. The topological polar surface area (TPSA) is 54.2 Å². The van der Waals surface area contributed by atoms with Gasteiger partial charge in [-0.15, -0.1) is 10.2 Å². The van der Waals surface area contributed by atoms with Gasteiger partial charge in [-0.3, -0.25) is 4.90 Å². The number of hydrogen-bond acceptors (Lipinski definition) is 4. The summed E-state index contributed by atoms with van der Waals surface area (Å²) in [4.78, 5) is 2.55. The first-order chi connectivity index (χ1) is 7.40. The van der Waals surface area contributed by atoms with Crippen molar-refractivity contribution in [2.24, 2.45) is 0 Å². The van der Waals surface area contributed by atoms with Gasteiger partial charge in [-0.25, -0.2) is 0 Å². The van der Waals surface area contributed by atoms with Crippen molar-refractivity contribution in [3.05, 3.63) is 12.2 Å². The van der Waals surface area contributed by atoms with Gasteiger partial charge in [-0.2, -0.15) is 0 Å². The molecule has 2 saturated heterocycles. The Kier molecular flexibility index (Phi) is 2.21. The Labute approximate surface area is 88.7 Å². The summed E-state index contributed by atoms with van der Waals surface area (Å²) in [5.41, 5.74) is 0. The predicted molar refractivity (Wildman–Crippen MR) is 54.2 cm³/mol. The molecule has 3 rings (SSSR count). The molecule has 0 aromatic carbocycles. The number of fused-ring (bicyclic) bond motifs is 1. The Hall–Kier alpha value is -0.940. The Morgan fingerprint density at radius 2 is 2.27 bits per heavy atom. The zero-order valence-electron chi connectivity index (χ0n) is 8.71. The lowest BCUT2D eigenvalue weighted by atomic mass is 10.1. The predicted octanol–water partition coefficient (Wildman–Crippen LogP) is 0.180. The summed E-state index contributed by atoms with van der Waals surface area (Å²) < 4.78 is 2.07.